The Balaban J connectivity index is 1.61. The molecule has 1 fully saturated rings. The zero-order valence-electron chi connectivity index (χ0n) is 13.2. The third kappa shape index (κ3) is 3.15. The minimum atomic E-state index is -0.190. The van der Waals surface area contributed by atoms with Gasteiger partial charge in [0.25, 0.3) is 0 Å². The normalized spacial score (nSPS) is 19.0. The van der Waals surface area contributed by atoms with E-state index >= 15 is 0 Å². The van der Waals surface area contributed by atoms with Crippen LogP contribution >= 0.6 is 0 Å². The molecule has 23 heavy (non-hydrogen) atoms. The van der Waals surface area contributed by atoms with Crippen LogP contribution in [-0.2, 0) is 17.8 Å². The molecule has 2 aromatic rings. The summed E-state index contributed by atoms with van der Waals surface area (Å²) >= 11 is 0. The van der Waals surface area contributed by atoms with Gasteiger partial charge in [0.15, 0.2) is 0 Å². The summed E-state index contributed by atoms with van der Waals surface area (Å²) in [6.45, 7) is 1.77. The smallest absolute Gasteiger partial charge is 0.242 e. The van der Waals surface area contributed by atoms with Crippen molar-refractivity contribution in [3.05, 3.63) is 71.3 Å². The third-order valence-corrected chi connectivity index (χ3v) is 4.81. The molecule has 0 bridgehead atoms. The monoisotopic (exact) mass is 306 g/mol. The highest BCUT2D eigenvalue weighted by Gasteiger charge is 2.33. The van der Waals surface area contributed by atoms with E-state index in [-0.39, 0.29) is 11.9 Å². The molecule has 1 saturated carbocycles. The Kier molecular flexibility index (Phi) is 3.88. The highest BCUT2D eigenvalue weighted by Crippen LogP contribution is 2.29. The fourth-order valence-corrected chi connectivity index (χ4v) is 3.41. The zero-order valence-corrected chi connectivity index (χ0v) is 13.2. The minimum Gasteiger partial charge on any atom is -0.352 e. The van der Waals surface area contributed by atoms with Gasteiger partial charge in [-0.15, -0.1) is 0 Å². The second-order valence-electron chi connectivity index (χ2n) is 6.59. The highest BCUT2D eigenvalue weighted by atomic mass is 16.2. The van der Waals surface area contributed by atoms with Gasteiger partial charge in [-0.25, -0.2) is 0 Å². The highest BCUT2D eigenvalue weighted by molar-refractivity contribution is 5.83. The fourth-order valence-electron chi connectivity index (χ4n) is 3.41. The number of fused-ring (bicyclic) bond motifs is 1. The van der Waals surface area contributed by atoms with Crippen molar-refractivity contribution in [2.45, 2.75) is 37.9 Å². The minimum absolute atomic E-state index is 0.151. The number of rotatable bonds is 4. The maximum atomic E-state index is 12.9. The van der Waals surface area contributed by atoms with Crippen molar-refractivity contribution in [3.63, 3.8) is 0 Å². The van der Waals surface area contributed by atoms with Crippen molar-refractivity contribution in [1.82, 2.24) is 10.2 Å². The number of nitrogens with zero attached hydrogens (tertiary/aromatic N) is 1. The van der Waals surface area contributed by atoms with Gasteiger partial charge in [-0.1, -0.05) is 54.6 Å². The van der Waals surface area contributed by atoms with Crippen LogP contribution in [0.4, 0.5) is 0 Å². The number of carbonyl (C=O) groups excluding carboxylic acids is 1. The number of nitrogens with one attached hydrogen (secondary N) is 1. The summed E-state index contributed by atoms with van der Waals surface area (Å²) in [6, 6.07) is 19.0. The SMILES string of the molecule is O=C(NC1CC1)[C@H](c1ccccc1)N1CCc2ccccc2C1. The molecular formula is C20H22N2O. The predicted octanol–water partition coefficient (Wildman–Crippen LogP) is 3.06. The van der Waals surface area contributed by atoms with Crippen LogP contribution in [-0.4, -0.2) is 23.4 Å². The van der Waals surface area contributed by atoms with Crippen molar-refractivity contribution in [2.24, 2.45) is 0 Å². The van der Waals surface area contributed by atoms with Crippen LogP contribution in [0.1, 0.15) is 35.6 Å². The van der Waals surface area contributed by atoms with Crippen molar-refractivity contribution in [1.29, 1.82) is 0 Å². The van der Waals surface area contributed by atoms with E-state index in [9.17, 15) is 4.79 Å². The molecular weight excluding hydrogens is 284 g/mol. The van der Waals surface area contributed by atoms with Gasteiger partial charge in [0.2, 0.25) is 5.91 Å². The second-order valence-corrected chi connectivity index (χ2v) is 6.59. The lowest BCUT2D eigenvalue weighted by atomic mass is 9.96. The molecule has 1 atom stereocenters. The number of amides is 1. The van der Waals surface area contributed by atoms with Gasteiger partial charge in [-0.05, 0) is 36.0 Å². The maximum Gasteiger partial charge on any atom is 0.242 e. The molecule has 1 aliphatic heterocycles. The number of hydrogen-bond acceptors (Lipinski definition) is 2. The number of benzene rings is 2. The zero-order chi connectivity index (χ0) is 15.6. The quantitative estimate of drug-likeness (QED) is 0.941. The molecule has 4 rings (SSSR count). The van der Waals surface area contributed by atoms with Gasteiger partial charge < -0.3 is 5.32 Å². The first kappa shape index (κ1) is 14.5. The summed E-state index contributed by atoms with van der Waals surface area (Å²) in [4.78, 5) is 15.2. The van der Waals surface area contributed by atoms with Crippen LogP contribution in [0.3, 0.4) is 0 Å². The van der Waals surface area contributed by atoms with Crippen LogP contribution in [0.15, 0.2) is 54.6 Å². The van der Waals surface area contributed by atoms with E-state index in [1.807, 2.05) is 18.2 Å². The molecule has 1 heterocycles. The number of carbonyl (C=O) groups is 1. The Morgan fingerprint density at radius 3 is 2.43 bits per heavy atom. The summed E-state index contributed by atoms with van der Waals surface area (Å²) in [5.74, 6) is 0.151. The molecule has 118 valence electrons. The largest absolute Gasteiger partial charge is 0.352 e. The topological polar surface area (TPSA) is 32.3 Å². The first-order valence-electron chi connectivity index (χ1n) is 8.47. The lowest BCUT2D eigenvalue weighted by Crippen LogP contribution is -2.43. The van der Waals surface area contributed by atoms with Crippen LogP contribution in [0.2, 0.25) is 0 Å². The van der Waals surface area contributed by atoms with Crippen LogP contribution < -0.4 is 5.32 Å². The Morgan fingerprint density at radius 2 is 1.70 bits per heavy atom. The average Bonchev–Trinajstić information content (AvgIpc) is 3.40. The fraction of sp³-hybridized carbons (Fsp3) is 0.350. The maximum absolute atomic E-state index is 12.9. The van der Waals surface area contributed by atoms with E-state index in [2.05, 4.69) is 46.6 Å². The summed E-state index contributed by atoms with van der Waals surface area (Å²) < 4.78 is 0. The van der Waals surface area contributed by atoms with Crippen molar-refractivity contribution >= 4 is 5.91 Å². The van der Waals surface area contributed by atoms with Gasteiger partial charge in [-0.2, -0.15) is 0 Å². The van der Waals surface area contributed by atoms with Crippen molar-refractivity contribution in [2.75, 3.05) is 6.54 Å². The predicted molar refractivity (Wildman–Crippen MR) is 90.9 cm³/mol. The van der Waals surface area contributed by atoms with E-state index in [0.717, 1.165) is 37.9 Å². The van der Waals surface area contributed by atoms with E-state index in [1.165, 1.54) is 11.1 Å². The van der Waals surface area contributed by atoms with Gasteiger partial charge in [0.1, 0.15) is 6.04 Å². The molecule has 1 aliphatic carbocycles. The standard InChI is InChI=1S/C20H22N2O/c23-20(21-18-10-11-18)19(16-7-2-1-3-8-16)22-13-12-15-6-4-5-9-17(15)14-22/h1-9,18-19H,10-14H2,(H,21,23)/t19-/m0/s1. The van der Waals surface area contributed by atoms with Crippen molar-refractivity contribution in [3.8, 4) is 0 Å². The molecule has 3 heteroatoms. The first-order chi connectivity index (χ1) is 11.3. The summed E-state index contributed by atoms with van der Waals surface area (Å²) in [5, 5.41) is 3.19. The molecule has 2 aliphatic rings. The average molecular weight is 306 g/mol. The summed E-state index contributed by atoms with van der Waals surface area (Å²) in [5.41, 5.74) is 3.85. The Bertz CT molecular complexity index is 694. The molecule has 1 N–H and O–H groups in total. The Hall–Kier alpha value is -2.13. The number of hydrogen-bond donors (Lipinski definition) is 1. The van der Waals surface area contributed by atoms with E-state index in [1.54, 1.807) is 0 Å². The van der Waals surface area contributed by atoms with Crippen LogP contribution in [0.25, 0.3) is 0 Å². The van der Waals surface area contributed by atoms with Gasteiger partial charge in [0, 0.05) is 19.1 Å². The molecule has 3 nitrogen and oxygen atoms in total. The van der Waals surface area contributed by atoms with Crippen LogP contribution in [0.5, 0.6) is 0 Å². The van der Waals surface area contributed by atoms with Crippen molar-refractivity contribution < 1.29 is 4.79 Å². The first-order valence-corrected chi connectivity index (χ1v) is 8.47. The van der Waals surface area contributed by atoms with Gasteiger partial charge in [0.05, 0.1) is 0 Å². The summed E-state index contributed by atoms with van der Waals surface area (Å²) in [6.07, 6.45) is 3.25. The third-order valence-electron chi connectivity index (χ3n) is 4.81. The molecule has 0 spiro atoms. The van der Waals surface area contributed by atoms with Gasteiger partial charge in [-0.3, -0.25) is 9.69 Å². The molecule has 0 unspecified atom stereocenters. The van der Waals surface area contributed by atoms with Gasteiger partial charge >= 0.3 is 0 Å². The second kappa shape index (κ2) is 6.17. The molecule has 2 aromatic carbocycles. The molecule has 0 aromatic heterocycles. The summed E-state index contributed by atoms with van der Waals surface area (Å²) in [7, 11) is 0. The Labute approximate surface area is 137 Å². The Morgan fingerprint density at radius 1 is 1.00 bits per heavy atom. The van der Waals surface area contributed by atoms with Crippen LogP contribution in [0, 0.1) is 0 Å². The van der Waals surface area contributed by atoms with E-state index < -0.39 is 0 Å². The molecule has 0 radical (unpaired) electrons. The lowest BCUT2D eigenvalue weighted by molar-refractivity contribution is -0.127. The van der Waals surface area contributed by atoms with E-state index in [4.69, 9.17) is 0 Å². The molecule has 1 amide bonds. The molecule has 0 saturated heterocycles. The lowest BCUT2D eigenvalue weighted by Gasteiger charge is -2.35. The van der Waals surface area contributed by atoms with E-state index in [0.29, 0.717) is 6.04 Å².